The zero-order valence-electron chi connectivity index (χ0n) is 10.6. The average molecular weight is 221 g/mol. The molecule has 0 aliphatic heterocycles. The van der Waals surface area contributed by atoms with Gasteiger partial charge in [0.25, 0.3) is 0 Å². The fourth-order valence-corrected chi connectivity index (χ4v) is 1.79. The van der Waals surface area contributed by atoms with Gasteiger partial charge >= 0.3 is 0 Å². The Hall–Kier alpha value is -1.02. The van der Waals surface area contributed by atoms with Crippen molar-refractivity contribution in [2.45, 2.75) is 26.7 Å². The van der Waals surface area contributed by atoms with Gasteiger partial charge in [0.05, 0.1) is 0 Å². The third-order valence-corrected chi connectivity index (χ3v) is 3.15. The number of aliphatic hydroxyl groups is 1. The van der Waals surface area contributed by atoms with Gasteiger partial charge in [-0.2, -0.15) is 0 Å². The van der Waals surface area contributed by atoms with Crippen LogP contribution in [0, 0.1) is 5.92 Å². The van der Waals surface area contributed by atoms with Gasteiger partial charge in [-0.1, -0.05) is 26.0 Å². The largest absolute Gasteiger partial charge is 0.396 e. The van der Waals surface area contributed by atoms with Crippen LogP contribution in [0.1, 0.15) is 25.8 Å². The summed E-state index contributed by atoms with van der Waals surface area (Å²) < 4.78 is 0. The molecule has 1 aromatic carbocycles. The number of hydrogen-bond acceptors (Lipinski definition) is 2. The van der Waals surface area contributed by atoms with E-state index in [0.29, 0.717) is 5.92 Å². The van der Waals surface area contributed by atoms with Crippen LogP contribution in [-0.2, 0) is 6.42 Å². The molecular weight excluding hydrogens is 198 g/mol. The molecule has 0 heterocycles. The van der Waals surface area contributed by atoms with Crippen molar-refractivity contribution in [3.8, 4) is 0 Å². The lowest BCUT2D eigenvalue weighted by molar-refractivity contribution is 0.225. The fourth-order valence-electron chi connectivity index (χ4n) is 1.79. The van der Waals surface area contributed by atoms with E-state index >= 15 is 0 Å². The summed E-state index contributed by atoms with van der Waals surface area (Å²) in [7, 11) is 2.08. The van der Waals surface area contributed by atoms with Crippen molar-refractivity contribution >= 4 is 5.69 Å². The highest BCUT2D eigenvalue weighted by Crippen LogP contribution is 2.16. The van der Waals surface area contributed by atoms with Crippen molar-refractivity contribution < 1.29 is 5.11 Å². The van der Waals surface area contributed by atoms with E-state index in [0.717, 1.165) is 19.4 Å². The SMILES string of the molecule is CCc1ccc(N(C)CC(CC)CO)cc1. The van der Waals surface area contributed by atoms with Crippen LogP contribution < -0.4 is 4.90 Å². The molecule has 0 aliphatic rings. The molecule has 0 amide bonds. The van der Waals surface area contributed by atoms with Gasteiger partial charge < -0.3 is 10.0 Å². The maximum atomic E-state index is 9.18. The van der Waals surface area contributed by atoms with Gasteiger partial charge in [-0.15, -0.1) is 0 Å². The van der Waals surface area contributed by atoms with Gasteiger partial charge in [-0.25, -0.2) is 0 Å². The Kier molecular flexibility index (Phi) is 5.33. The topological polar surface area (TPSA) is 23.5 Å². The van der Waals surface area contributed by atoms with Crippen LogP contribution >= 0.6 is 0 Å². The smallest absolute Gasteiger partial charge is 0.0476 e. The van der Waals surface area contributed by atoms with Crippen LogP contribution in [0.25, 0.3) is 0 Å². The zero-order chi connectivity index (χ0) is 12.0. The summed E-state index contributed by atoms with van der Waals surface area (Å²) in [5, 5.41) is 9.18. The van der Waals surface area contributed by atoms with Crippen LogP contribution in [0.15, 0.2) is 24.3 Å². The van der Waals surface area contributed by atoms with Gasteiger partial charge in [-0.05, 0) is 36.5 Å². The molecule has 0 fully saturated rings. The van der Waals surface area contributed by atoms with E-state index in [1.165, 1.54) is 11.3 Å². The third-order valence-electron chi connectivity index (χ3n) is 3.15. The maximum Gasteiger partial charge on any atom is 0.0476 e. The first-order valence-corrected chi connectivity index (χ1v) is 6.12. The van der Waals surface area contributed by atoms with Crippen molar-refractivity contribution in [3.63, 3.8) is 0 Å². The molecule has 1 aromatic rings. The van der Waals surface area contributed by atoms with Crippen molar-refractivity contribution in [3.05, 3.63) is 29.8 Å². The maximum absolute atomic E-state index is 9.18. The Morgan fingerprint density at radius 1 is 1.19 bits per heavy atom. The van der Waals surface area contributed by atoms with Crippen LogP contribution in [-0.4, -0.2) is 25.3 Å². The molecule has 0 saturated heterocycles. The van der Waals surface area contributed by atoms with Gasteiger partial charge in [-0.3, -0.25) is 0 Å². The van der Waals surface area contributed by atoms with E-state index in [1.54, 1.807) is 0 Å². The second-order valence-electron chi connectivity index (χ2n) is 4.36. The number of hydrogen-bond donors (Lipinski definition) is 1. The van der Waals surface area contributed by atoms with Crippen LogP contribution in [0.5, 0.6) is 0 Å². The number of aliphatic hydroxyl groups excluding tert-OH is 1. The normalized spacial score (nSPS) is 12.5. The Labute approximate surface area is 98.9 Å². The molecule has 2 heteroatoms. The lowest BCUT2D eigenvalue weighted by Crippen LogP contribution is -2.27. The quantitative estimate of drug-likeness (QED) is 0.798. The molecule has 0 radical (unpaired) electrons. The number of benzene rings is 1. The first kappa shape index (κ1) is 13.0. The minimum atomic E-state index is 0.272. The molecule has 1 N–H and O–H groups in total. The summed E-state index contributed by atoms with van der Waals surface area (Å²) in [6.07, 6.45) is 2.10. The number of aryl methyl sites for hydroxylation is 1. The Balaban J connectivity index is 2.61. The summed E-state index contributed by atoms with van der Waals surface area (Å²) in [6, 6.07) is 8.66. The Morgan fingerprint density at radius 2 is 1.81 bits per heavy atom. The van der Waals surface area contributed by atoms with Crippen LogP contribution in [0.3, 0.4) is 0 Å². The third kappa shape index (κ3) is 3.53. The molecule has 1 unspecified atom stereocenters. The second-order valence-corrected chi connectivity index (χ2v) is 4.36. The highest BCUT2D eigenvalue weighted by molar-refractivity contribution is 5.46. The van der Waals surface area contributed by atoms with Crippen molar-refractivity contribution in [1.82, 2.24) is 0 Å². The number of nitrogens with zero attached hydrogens (tertiary/aromatic N) is 1. The van der Waals surface area contributed by atoms with E-state index in [4.69, 9.17) is 0 Å². The Bertz CT molecular complexity index is 290. The van der Waals surface area contributed by atoms with E-state index in [1.807, 2.05) is 0 Å². The lowest BCUT2D eigenvalue weighted by Gasteiger charge is -2.24. The van der Waals surface area contributed by atoms with Crippen molar-refractivity contribution in [1.29, 1.82) is 0 Å². The molecule has 0 saturated carbocycles. The van der Waals surface area contributed by atoms with Crippen LogP contribution in [0.4, 0.5) is 5.69 Å². The Morgan fingerprint density at radius 3 is 2.25 bits per heavy atom. The molecule has 0 aliphatic carbocycles. The van der Waals surface area contributed by atoms with Crippen LogP contribution in [0.2, 0.25) is 0 Å². The molecule has 0 aromatic heterocycles. The van der Waals surface area contributed by atoms with E-state index in [9.17, 15) is 5.11 Å². The van der Waals surface area contributed by atoms with Crippen molar-refractivity contribution in [2.24, 2.45) is 5.92 Å². The summed E-state index contributed by atoms with van der Waals surface area (Å²) >= 11 is 0. The highest BCUT2D eigenvalue weighted by Gasteiger charge is 2.08. The standard InChI is InChI=1S/C14H23NO/c1-4-12-6-8-14(9-7-12)15(3)10-13(5-2)11-16/h6-9,13,16H,4-5,10-11H2,1-3H3. The summed E-state index contributed by atoms with van der Waals surface area (Å²) in [5.74, 6) is 0.371. The zero-order valence-corrected chi connectivity index (χ0v) is 10.6. The number of anilines is 1. The molecule has 2 nitrogen and oxygen atoms in total. The van der Waals surface area contributed by atoms with E-state index in [2.05, 4.69) is 50.1 Å². The molecule has 16 heavy (non-hydrogen) atoms. The fraction of sp³-hybridized carbons (Fsp3) is 0.571. The monoisotopic (exact) mass is 221 g/mol. The summed E-state index contributed by atoms with van der Waals surface area (Å²) in [5.41, 5.74) is 2.59. The predicted molar refractivity (Wildman–Crippen MR) is 70.0 cm³/mol. The summed E-state index contributed by atoms with van der Waals surface area (Å²) in [4.78, 5) is 2.21. The number of rotatable bonds is 6. The minimum absolute atomic E-state index is 0.272. The van der Waals surface area contributed by atoms with Gasteiger partial charge in [0.15, 0.2) is 0 Å². The summed E-state index contributed by atoms with van der Waals surface area (Å²) in [6.45, 7) is 5.47. The van der Waals surface area contributed by atoms with Crippen molar-refractivity contribution in [2.75, 3.05) is 25.1 Å². The molecule has 90 valence electrons. The predicted octanol–water partition coefficient (Wildman–Crippen LogP) is 2.70. The molecule has 0 spiro atoms. The molecule has 0 bridgehead atoms. The lowest BCUT2D eigenvalue weighted by atomic mass is 10.1. The van der Waals surface area contributed by atoms with Gasteiger partial charge in [0.1, 0.15) is 0 Å². The highest BCUT2D eigenvalue weighted by atomic mass is 16.3. The average Bonchev–Trinajstić information content (AvgIpc) is 2.35. The van der Waals surface area contributed by atoms with Gasteiger partial charge in [0, 0.05) is 25.9 Å². The second kappa shape index (κ2) is 6.54. The van der Waals surface area contributed by atoms with E-state index < -0.39 is 0 Å². The van der Waals surface area contributed by atoms with Gasteiger partial charge in [0.2, 0.25) is 0 Å². The molecular formula is C14H23NO. The molecule has 1 atom stereocenters. The minimum Gasteiger partial charge on any atom is -0.396 e. The molecule has 1 rings (SSSR count). The first-order valence-electron chi connectivity index (χ1n) is 6.12. The first-order chi connectivity index (χ1) is 7.71. The van der Waals surface area contributed by atoms with E-state index in [-0.39, 0.29) is 6.61 Å².